The lowest BCUT2D eigenvalue weighted by Crippen LogP contribution is -3.19. The highest BCUT2D eigenvalue weighted by molar-refractivity contribution is 6.30. The van der Waals surface area contributed by atoms with Crippen molar-refractivity contribution in [3.05, 3.63) is 58.6 Å². The monoisotopic (exact) mass is 398 g/mol. The number of nitrogens with one attached hydrogen (secondary N) is 1. The zero-order chi connectivity index (χ0) is 19.8. The first-order chi connectivity index (χ1) is 13.5. The van der Waals surface area contributed by atoms with Gasteiger partial charge < -0.3 is 9.80 Å². The van der Waals surface area contributed by atoms with Gasteiger partial charge in [0.1, 0.15) is 0 Å². The van der Waals surface area contributed by atoms with Crippen LogP contribution in [0.1, 0.15) is 17.5 Å². The minimum Gasteiger partial charge on any atom is -0.360 e. The first-order valence-corrected chi connectivity index (χ1v) is 10.1. The predicted molar refractivity (Wildman–Crippen MR) is 111 cm³/mol. The number of carbonyl (C=O) groups is 2. The molecule has 0 unspecified atom stereocenters. The summed E-state index contributed by atoms with van der Waals surface area (Å²) in [5.74, 6) is -0.147. The molecule has 2 aromatic rings. The number of nitrogens with zero attached hydrogens (tertiary/aromatic N) is 2. The Kier molecular flexibility index (Phi) is 5.13. The third kappa shape index (κ3) is 3.40. The summed E-state index contributed by atoms with van der Waals surface area (Å²) in [6, 6.07) is 13.4. The molecule has 0 bridgehead atoms. The van der Waals surface area contributed by atoms with Gasteiger partial charge >= 0.3 is 0 Å². The Balaban J connectivity index is 1.48. The average Bonchev–Trinajstić information content (AvgIpc) is 2.97. The smallest absolute Gasteiger partial charge is 0.292 e. The van der Waals surface area contributed by atoms with Crippen molar-refractivity contribution in [1.82, 2.24) is 0 Å². The number of para-hydroxylation sites is 1. The number of hydrogen-bond acceptors (Lipinski definition) is 3. The van der Waals surface area contributed by atoms with Gasteiger partial charge in [-0.05, 0) is 43.2 Å². The van der Waals surface area contributed by atoms with Gasteiger partial charge in [0.15, 0.2) is 6.04 Å². The SMILES string of the molecule is Cc1cccc(C)c1N1C(=O)C[C@@H]([NH+]2CCN(c3cccc(Cl)c3)CC2)C1=O. The van der Waals surface area contributed by atoms with Crippen LogP contribution in [-0.4, -0.2) is 44.0 Å². The normalized spacial score (nSPS) is 20.9. The molecule has 5 nitrogen and oxygen atoms in total. The molecular weight excluding hydrogens is 374 g/mol. The molecule has 1 atom stereocenters. The maximum atomic E-state index is 13.2. The van der Waals surface area contributed by atoms with Crippen molar-refractivity contribution in [2.75, 3.05) is 36.0 Å². The van der Waals surface area contributed by atoms with Crippen LogP contribution in [0.4, 0.5) is 11.4 Å². The van der Waals surface area contributed by atoms with Crippen molar-refractivity contribution in [1.29, 1.82) is 0 Å². The number of hydrogen-bond donors (Lipinski definition) is 1. The van der Waals surface area contributed by atoms with E-state index in [1.165, 1.54) is 9.80 Å². The Morgan fingerprint density at radius 2 is 1.64 bits per heavy atom. The second-order valence-electron chi connectivity index (χ2n) is 7.69. The number of quaternary nitrogens is 1. The van der Waals surface area contributed by atoms with Crippen molar-refractivity contribution >= 4 is 34.8 Å². The molecule has 2 aromatic carbocycles. The highest BCUT2D eigenvalue weighted by Crippen LogP contribution is 2.29. The van der Waals surface area contributed by atoms with Gasteiger partial charge in [0.2, 0.25) is 5.91 Å². The summed E-state index contributed by atoms with van der Waals surface area (Å²) in [6.07, 6.45) is 0.291. The Morgan fingerprint density at radius 3 is 2.29 bits per heavy atom. The molecule has 0 saturated carbocycles. The van der Waals surface area contributed by atoms with Crippen LogP contribution in [0.25, 0.3) is 0 Å². The molecule has 4 rings (SSSR count). The molecule has 0 aromatic heterocycles. The van der Waals surface area contributed by atoms with Gasteiger partial charge in [-0.3, -0.25) is 9.59 Å². The lowest BCUT2D eigenvalue weighted by molar-refractivity contribution is -0.915. The van der Waals surface area contributed by atoms with E-state index < -0.39 is 0 Å². The first-order valence-electron chi connectivity index (χ1n) is 9.74. The second kappa shape index (κ2) is 7.57. The van der Waals surface area contributed by atoms with E-state index in [1.807, 2.05) is 50.2 Å². The molecule has 0 radical (unpaired) electrons. The number of carbonyl (C=O) groups excluding carboxylic acids is 2. The fraction of sp³-hybridized carbons (Fsp3) is 0.364. The molecule has 28 heavy (non-hydrogen) atoms. The molecule has 2 saturated heterocycles. The molecule has 146 valence electrons. The number of halogens is 1. The second-order valence-corrected chi connectivity index (χ2v) is 8.13. The van der Waals surface area contributed by atoms with Gasteiger partial charge in [0, 0.05) is 10.7 Å². The zero-order valence-electron chi connectivity index (χ0n) is 16.2. The number of aryl methyl sites for hydroxylation is 2. The number of benzene rings is 2. The summed E-state index contributed by atoms with van der Waals surface area (Å²) in [5, 5.41) is 0.730. The van der Waals surface area contributed by atoms with Crippen LogP contribution in [0.3, 0.4) is 0 Å². The Bertz CT molecular complexity index is 901. The predicted octanol–water partition coefficient (Wildman–Crippen LogP) is 1.99. The standard InChI is InChI=1S/C22H24ClN3O2/c1-15-5-3-6-16(2)21(15)26-20(27)14-19(22(26)28)25-11-9-24(10-12-25)18-8-4-7-17(23)13-18/h3-8,13,19H,9-12,14H2,1-2H3/p+1/t19-/m1/s1. The van der Waals surface area contributed by atoms with Gasteiger partial charge in [0.25, 0.3) is 5.91 Å². The number of amides is 2. The minimum atomic E-state index is -0.284. The van der Waals surface area contributed by atoms with Crippen LogP contribution in [0.15, 0.2) is 42.5 Å². The number of imide groups is 1. The number of rotatable bonds is 3. The zero-order valence-corrected chi connectivity index (χ0v) is 17.0. The quantitative estimate of drug-likeness (QED) is 0.804. The maximum Gasteiger partial charge on any atom is 0.292 e. The third-order valence-corrected chi connectivity index (χ3v) is 6.12. The van der Waals surface area contributed by atoms with E-state index in [0.29, 0.717) is 6.42 Å². The molecule has 0 aliphatic carbocycles. The van der Waals surface area contributed by atoms with Crippen LogP contribution in [0.2, 0.25) is 5.02 Å². The van der Waals surface area contributed by atoms with Gasteiger partial charge in [0.05, 0.1) is 38.3 Å². The molecule has 2 heterocycles. The molecule has 0 spiro atoms. The number of anilines is 2. The molecule has 2 aliphatic heterocycles. The Morgan fingerprint density at radius 1 is 1.00 bits per heavy atom. The number of piperazine rings is 1. The molecule has 2 fully saturated rings. The fourth-order valence-corrected chi connectivity index (χ4v) is 4.60. The van der Waals surface area contributed by atoms with E-state index in [0.717, 1.165) is 53.7 Å². The van der Waals surface area contributed by atoms with E-state index in [4.69, 9.17) is 11.6 Å². The van der Waals surface area contributed by atoms with E-state index in [1.54, 1.807) is 0 Å². The lowest BCUT2D eigenvalue weighted by atomic mass is 10.1. The molecule has 2 amide bonds. The van der Waals surface area contributed by atoms with Crippen LogP contribution < -0.4 is 14.7 Å². The van der Waals surface area contributed by atoms with E-state index in [-0.39, 0.29) is 17.9 Å². The average molecular weight is 399 g/mol. The van der Waals surface area contributed by atoms with Gasteiger partial charge in [-0.2, -0.15) is 0 Å². The molecule has 2 aliphatic rings. The molecular formula is C22H25ClN3O2+. The van der Waals surface area contributed by atoms with Gasteiger partial charge in [-0.25, -0.2) is 4.90 Å². The van der Waals surface area contributed by atoms with Crippen molar-refractivity contribution in [2.45, 2.75) is 26.3 Å². The molecule has 6 heteroatoms. The van der Waals surface area contributed by atoms with Crippen molar-refractivity contribution < 1.29 is 14.5 Å². The summed E-state index contributed by atoms with van der Waals surface area (Å²) < 4.78 is 0. The Hall–Kier alpha value is -2.37. The van der Waals surface area contributed by atoms with Crippen molar-refractivity contribution in [3.8, 4) is 0 Å². The van der Waals surface area contributed by atoms with Crippen LogP contribution >= 0.6 is 11.6 Å². The van der Waals surface area contributed by atoms with E-state index >= 15 is 0 Å². The van der Waals surface area contributed by atoms with E-state index in [2.05, 4.69) is 11.0 Å². The largest absolute Gasteiger partial charge is 0.360 e. The summed E-state index contributed by atoms with van der Waals surface area (Å²) in [4.78, 5) is 30.8. The third-order valence-electron chi connectivity index (χ3n) is 5.88. The van der Waals surface area contributed by atoms with E-state index in [9.17, 15) is 9.59 Å². The van der Waals surface area contributed by atoms with Gasteiger partial charge in [-0.15, -0.1) is 0 Å². The topological polar surface area (TPSA) is 45.1 Å². The molecule has 1 N–H and O–H groups in total. The van der Waals surface area contributed by atoms with Gasteiger partial charge in [-0.1, -0.05) is 35.9 Å². The van der Waals surface area contributed by atoms with Crippen LogP contribution in [0, 0.1) is 13.8 Å². The highest BCUT2D eigenvalue weighted by Gasteiger charge is 2.47. The minimum absolute atomic E-state index is 0.0615. The Labute approximate surface area is 170 Å². The first kappa shape index (κ1) is 19.0. The van der Waals surface area contributed by atoms with Crippen molar-refractivity contribution in [2.24, 2.45) is 0 Å². The van der Waals surface area contributed by atoms with Crippen LogP contribution in [0.5, 0.6) is 0 Å². The summed E-state index contributed by atoms with van der Waals surface area (Å²) in [6.45, 7) is 7.25. The highest BCUT2D eigenvalue weighted by atomic mass is 35.5. The summed E-state index contributed by atoms with van der Waals surface area (Å²) in [5.41, 5.74) is 3.79. The summed E-state index contributed by atoms with van der Waals surface area (Å²) >= 11 is 6.11. The lowest BCUT2D eigenvalue weighted by Gasteiger charge is -2.35. The summed E-state index contributed by atoms with van der Waals surface area (Å²) in [7, 11) is 0. The maximum absolute atomic E-state index is 13.2. The van der Waals surface area contributed by atoms with Crippen molar-refractivity contribution in [3.63, 3.8) is 0 Å². The van der Waals surface area contributed by atoms with Crippen LogP contribution in [-0.2, 0) is 9.59 Å². The fourth-order valence-electron chi connectivity index (χ4n) is 4.42.